The lowest BCUT2D eigenvalue weighted by Gasteiger charge is -2.26. The highest BCUT2D eigenvalue weighted by Crippen LogP contribution is 2.44. The van der Waals surface area contributed by atoms with Crippen LogP contribution in [0.25, 0.3) is 40.9 Å². The first-order valence-electron chi connectivity index (χ1n) is 39.0. The van der Waals surface area contributed by atoms with Crippen molar-refractivity contribution in [2.45, 2.75) is 120 Å². The van der Waals surface area contributed by atoms with Gasteiger partial charge in [-0.1, -0.05) is 160 Å². The van der Waals surface area contributed by atoms with Gasteiger partial charge in [0.1, 0.15) is 14.7 Å². The number of benzene rings is 12. The molecular formula is C88H73Cl9N10O14S12. The van der Waals surface area contributed by atoms with Crippen LogP contribution in [0.5, 0.6) is 0 Å². The van der Waals surface area contributed by atoms with Crippen molar-refractivity contribution in [3.63, 3.8) is 0 Å². The number of fused-ring (bicyclic) bond motifs is 5. The Morgan fingerprint density at radius 1 is 0.338 bits per heavy atom. The minimum absolute atomic E-state index is 0.0371. The number of aromatic nitrogens is 4. The highest BCUT2D eigenvalue weighted by molar-refractivity contribution is 8.11. The van der Waals surface area contributed by atoms with Gasteiger partial charge in [0, 0.05) is 40.7 Å². The molecule has 12 aromatic carbocycles. The molecule has 24 nitrogen and oxygen atoms in total. The number of halogens is 9. The van der Waals surface area contributed by atoms with Crippen molar-refractivity contribution in [1.29, 1.82) is 0 Å². The average molecular weight is 2200 g/mol. The third-order valence-electron chi connectivity index (χ3n) is 19.4. The smallest absolute Gasteiger partial charge is 0.279 e. The summed E-state index contributed by atoms with van der Waals surface area (Å²) < 4.78 is 197. The van der Waals surface area contributed by atoms with E-state index >= 15 is 0 Å². The predicted octanol–water partition coefficient (Wildman–Crippen LogP) is 26.3. The lowest BCUT2D eigenvalue weighted by atomic mass is 10.1. The van der Waals surface area contributed by atoms with Gasteiger partial charge in [0.05, 0.1) is 129 Å². The van der Waals surface area contributed by atoms with E-state index in [0.717, 1.165) is 81.6 Å². The fourth-order valence-electron chi connectivity index (χ4n) is 13.3. The summed E-state index contributed by atoms with van der Waals surface area (Å²) in [4.78, 5) is 17.5. The summed E-state index contributed by atoms with van der Waals surface area (Å²) >= 11 is 61.8. The first kappa shape index (κ1) is 102. The molecule has 0 aliphatic carbocycles. The molecule has 5 heterocycles. The molecule has 4 aromatic heterocycles. The number of nitrogens with zero attached hydrogens (tertiary/aromatic N) is 6. The zero-order valence-electron chi connectivity index (χ0n) is 70.6. The van der Waals surface area contributed by atoms with Gasteiger partial charge in [0.25, 0.3) is 70.2 Å². The molecule has 0 amide bonds. The molecule has 16 aromatic rings. The van der Waals surface area contributed by atoms with Crippen LogP contribution in [-0.4, -0.2) is 84.2 Å². The first-order chi connectivity index (χ1) is 62.5. The van der Waals surface area contributed by atoms with Crippen molar-refractivity contribution in [2.75, 3.05) is 26.9 Å². The van der Waals surface area contributed by atoms with Gasteiger partial charge in [-0.3, -0.25) is 14.2 Å². The second-order valence-electron chi connectivity index (χ2n) is 29.2. The number of hydrogen-bond acceptors (Lipinski definition) is 24. The van der Waals surface area contributed by atoms with Crippen LogP contribution in [0.1, 0.15) is 62.6 Å². The van der Waals surface area contributed by atoms with Crippen molar-refractivity contribution < 1.29 is 58.9 Å². The van der Waals surface area contributed by atoms with Crippen LogP contribution in [0.2, 0.25) is 45.2 Å². The molecule has 17 rings (SSSR count). The molecule has 1 atom stereocenters. The van der Waals surface area contributed by atoms with E-state index in [4.69, 9.17) is 104 Å². The summed E-state index contributed by atoms with van der Waals surface area (Å²) in [6, 6.07) is 57.3. The second-order valence-corrected chi connectivity index (χ2v) is 51.7. The predicted molar refractivity (Wildman–Crippen MR) is 547 cm³/mol. The largest absolute Gasteiger partial charge is 0.372 e. The van der Waals surface area contributed by atoms with Crippen LogP contribution in [0.4, 0.5) is 34.1 Å². The van der Waals surface area contributed by atoms with Gasteiger partial charge >= 0.3 is 0 Å². The molecule has 694 valence electrons. The van der Waals surface area contributed by atoms with E-state index < -0.39 is 80.0 Å². The Bertz CT molecular complexity index is 7820. The number of nitrogens with one attached hydrogen (secondary N) is 4. The molecule has 0 bridgehead atoms. The van der Waals surface area contributed by atoms with Crippen LogP contribution in [0.15, 0.2) is 264 Å². The minimum Gasteiger partial charge on any atom is -0.372 e. The Morgan fingerprint density at radius 3 is 1.08 bits per heavy atom. The summed E-state index contributed by atoms with van der Waals surface area (Å²) in [5, 5.41) is 7.98. The highest BCUT2D eigenvalue weighted by atomic mass is 35.5. The highest BCUT2D eigenvalue weighted by Gasteiger charge is 2.42. The van der Waals surface area contributed by atoms with Crippen LogP contribution in [0.3, 0.4) is 0 Å². The molecule has 0 fully saturated rings. The Kier molecular flexibility index (Phi) is 31.8. The molecule has 4 N–H and O–H groups in total. The van der Waals surface area contributed by atoms with E-state index in [2.05, 4.69) is 53.3 Å². The second kappa shape index (κ2) is 41.5. The van der Waals surface area contributed by atoms with Crippen molar-refractivity contribution in [3.8, 4) is 0 Å². The number of aryl methyl sites for hydroxylation is 5. The van der Waals surface area contributed by atoms with Crippen LogP contribution >= 0.6 is 162 Å². The number of hydrogen-bond donors (Lipinski definition) is 4. The Morgan fingerprint density at radius 2 is 0.669 bits per heavy atom. The van der Waals surface area contributed by atoms with Crippen molar-refractivity contribution in [3.05, 3.63) is 312 Å². The molecule has 133 heavy (non-hydrogen) atoms. The Balaban J connectivity index is 0.000000143. The SMILES string of the molecule is CCCc1ccc(S(=O)(=O)Nc2ccc3nc(C)sc3c2)cc1.Cc1c(Cl)cccc1S(=O)(=O)Nc1ccc2c(c1)SC(C)N2.Cc1nc2ccc(N(S(=O)(=O)c3cc(Cl)ccc3Cl)S(=O)(=O)c3cc(Cl)ccc3Cl)cc2s1.Cc1nc2ccc(N(S(=O)(=O)c3cccc(Cl)c3C)S(=O)(=O)c3cccc(Cl)c3C)cc2s1.Cc1nc2ccc(NS(=O)(=O)c3cc(Cl)ccc3Cl)cc2s1. The molecule has 1 aliphatic heterocycles. The molecule has 0 radical (unpaired) electrons. The standard InChI is InChI=1S/C22H18Cl2N2O4S3.C20H12Cl4N2O4S3.C17H18N2O2S2.C15H15ClN2O2S2.C14H10Cl2N2O2S2/c1-13-17(23)6-4-8-21(13)32(27,28)26(16-10-11-19-20(12-16)31-15(3)25-19)33(29,30)22-9-5-7-18(24)14(22)2;1-11-25-17-7-4-14(10-18(17)31-11)26(32(27,28)19-8-12(21)2-5-15(19)23)33(29,30)20-9-13(22)3-6-16(20)24;1-3-4-13-5-8-15(9-6-13)23(20,21)19-14-7-10-16-17(11-14)22-12(2)18-16;1-9-12(16)4-3-5-15(9)22(19,20)18-11-6-7-13-14(8-11)21-10(2)17-13;1-8-17-12-5-3-10(7-13(12)21-8)18-22(19,20)14-6-9(15)2-4-11(14)16/h4-12H,1-3H3;2-10H,1H3;5-11,19H,3-4H2,1-2H3;3-8,10,17-18H,1-2H3;2-7,18H,1H3. The van der Waals surface area contributed by atoms with Gasteiger partial charge in [0.2, 0.25) is 0 Å². The minimum atomic E-state index is -4.79. The Hall–Kier alpha value is -8.39. The normalized spacial score (nSPS) is 12.9. The topological polar surface area (TPSA) is 345 Å². The number of sulfonamides is 7. The van der Waals surface area contributed by atoms with Gasteiger partial charge in [-0.05, 0) is 278 Å². The number of rotatable bonds is 21. The molecule has 1 unspecified atom stereocenters. The van der Waals surface area contributed by atoms with Crippen molar-refractivity contribution >= 4 is 307 Å². The maximum atomic E-state index is 13.9. The third-order valence-corrected chi connectivity index (χ3v) is 40.6. The molecule has 0 saturated carbocycles. The zero-order valence-corrected chi connectivity index (χ0v) is 87.2. The maximum Gasteiger partial charge on any atom is 0.279 e. The zero-order chi connectivity index (χ0) is 96.5. The monoisotopic (exact) mass is 2190 g/mol. The average Bonchev–Trinajstić information content (AvgIpc) is 1.22. The van der Waals surface area contributed by atoms with Gasteiger partial charge in [-0.2, -0.15) is 41.1 Å². The summed E-state index contributed by atoms with van der Waals surface area (Å²) in [6.45, 7) is 16.4. The molecule has 1 aliphatic rings. The molecule has 0 spiro atoms. The fourth-order valence-corrected chi connectivity index (χ4v) is 31.9. The molecule has 0 saturated heterocycles. The van der Waals surface area contributed by atoms with Crippen LogP contribution in [0, 0.1) is 48.5 Å². The van der Waals surface area contributed by atoms with E-state index in [1.165, 1.54) is 145 Å². The number of thioether (sulfide) groups is 1. The third kappa shape index (κ3) is 23.4. The van der Waals surface area contributed by atoms with E-state index in [1.54, 1.807) is 116 Å². The summed E-state index contributed by atoms with van der Waals surface area (Å²) in [5.74, 6) is 0. The molecule has 45 heteroatoms. The fraction of sp³-hybridized carbons (Fsp3) is 0.136. The number of anilines is 6. The summed E-state index contributed by atoms with van der Waals surface area (Å²) in [5.41, 5.74) is 7.54. The van der Waals surface area contributed by atoms with Crippen LogP contribution in [-0.2, 0) is 76.6 Å². The van der Waals surface area contributed by atoms with Crippen molar-refractivity contribution in [1.82, 2.24) is 19.9 Å². The van der Waals surface area contributed by atoms with E-state index in [9.17, 15) is 58.9 Å². The van der Waals surface area contributed by atoms with Crippen molar-refractivity contribution in [2.24, 2.45) is 0 Å². The Labute approximate surface area is 835 Å². The van der Waals surface area contributed by atoms with E-state index in [-0.39, 0.29) is 91.2 Å². The van der Waals surface area contributed by atoms with Gasteiger partial charge in [0.15, 0.2) is 0 Å². The van der Waals surface area contributed by atoms with Gasteiger partial charge < -0.3 is 5.32 Å². The van der Waals surface area contributed by atoms with E-state index in [1.807, 2.05) is 57.2 Å². The first-order valence-corrected chi connectivity index (χ1v) is 56.8. The quantitative estimate of drug-likeness (QED) is 0.0519. The molecular weight excluding hydrogens is 2120 g/mol. The lowest BCUT2D eigenvalue weighted by molar-refractivity contribution is 0.580. The lowest BCUT2D eigenvalue weighted by Crippen LogP contribution is -2.37. The van der Waals surface area contributed by atoms with Gasteiger partial charge in [-0.15, -0.1) is 45.3 Å². The van der Waals surface area contributed by atoms with E-state index in [0.29, 0.717) is 56.8 Å². The van der Waals surface area contributed by atoms with Crippen LogP contribution < -0.4 is 26.9 Å². The number of thiazole rings is 4. The summed E-state index contributed by atoms with van der Waals surface area (Å²) in [6.07, 6.45) is 1.99. The van der Waals surface area contributed by atoms with Gasteiger partial charge in [-0.25, -0.2) is 45.2 Å². The summed E-state index contributed by atoms with van der Waals surface area (Å²) in [7, 11) is -29.8. The maximum absolute atomic E-state index is 13.9.